The molecule has 5 aliphatic rings. The van der Waals surface area contributed by atoms with Gasteiger partial charge in [-0.2, -0.15) is 0 Å². The van der Waals surface area contributed by atoms with Gasteiger partial charge >= 0.3 is 23.9 Å². The molecule has 5 N–H and O–H groups in total. The first kappa shape index (κ1) is 61.4. The Morgan fingerprint density at radius 3 is 0.865 bits per heavy atom. The average molecular weight is 1040 g/mol. The highest BCUT2D eigenvalue weighted by molar-refractivity contribution is 5.98. The molecule has 2 atom stereocenters. The van der Waals surface area contributed by atoms with E-state index in [4.69, 9.17) is 18.9 Å². The molecule has 0 aliphatic carbocycles. The lowest BCUT2D eigenvalue weighted by molar-refractivity contribution is -0.178. The quantitative estimate of drug-likeness (QED) is 0.0715. The molecule has 0 amide bonds. The molecule has 5 fully saturated rings. The zero-order valence-electron chi connectivity index (χ0n) is 49.6. The number of hydrogen-bond acceptors (Lipinski definition) is 14. The molecule has 2 unspecified atom stereocenters. The molecule has 14 heteroatoms. The molecule has 0 radical (unpaired) electrons. The van der Waals surface area contributed by atoms with Gasteiger partial charge in [-0.25, -0.2) is 0 Å². The molecule has 6 rings (SSSR count). The van der Waals surface area contributed by atoms with Crippen LogP contribution in [0.25, 0.3) is 0 Å². The molecule has 1 aromatic rings. The molecular weight excluding hydrogens is 935 g/mol. The van der Waals surface area contributed by atoms with Gasteiger partial charge in [0.25, 0.3) is 0 Å². The van der Waals surface area contributed by atoms with Crippen LogP contribution in [0.4, 0.5) is 0 Å². The fourth-order valence-electron chi connectivity index (χ4n) is 14.7. The molecule has 420 valence electrons. The van der Waals surface area contributed by atoms with E-state index in [1.54, 1.807) is 0 Å². The van der Waals surface area contributed by atoms with E-state index in [2.05, 4.69) is 165 Å². The number of carbonyl (C=O) groups excluding carboxylic acids is 5. The van der Waals surface area contributed by atoms with Crippen LogP contribution in [0.1, 0.15) is 226 Å². The summed E-state index contributed by atoms with van der Waals surface area (Å²) in [4.78, 5) is 69.8. The molecule has 0 bridgehead atoms. The van der Waals surface area contributed by atoms with Gasteiger partial charge in [-0.1, -0.05) is 30.3 Å². The number of ketones is 1. The van der Waals surface area contributed by atoms with Crippen LogP contribution in [-0.2, 0) is 38.1 Å². The van der Waals surface area contributed by atoms with Gasteiger partial charge in [0, 0.05) is 118 Å². The Morgan fingerprint density at radius 2 is 0.608 bits per heavy atom. The first-order valence-electron chi connectivity index (χ1n) is 27.8. The van der Waals surface area contributed by atoms with Crippen LogP contribution in [0.15, 0.2) is 30.3 Å². The summed E-state index contributed by atoms with van der Waals surface area (Å²) in [5.74, 6) is -4.92. The number of rotatable bonds is 13. The van der Waals surface area contributed by atoms with Gasteiger partial charge in [0.2, 0.25) is 0 Å². The summed E-state index contributed by atoms with van der Waals surface area (Å²) in [5, 5.41) is 18.1. The number of benzene rings is 1. The Hall–Kier alpha value is -3.43. The molecule has 5 heterocycles. The predicted molar refractivity (Wildman–Crippen MR) is 293 cm³/mol. The third-order valence-corrected chi connectivity index (χ3v) is 15.3. The second kappa shape index (κ2) is 22.1. The number of carbonyl (C=O) groups is 5. The summed E-state index contributed by atoms with van der Waals surface area (Å²) in [6.45, 7) is 41.8. The lowest BCUT2D eigenvalue weighted by Crippen LogP contribution is -2.60. The van der Waals surface area contributed by atoms with Crippen LogP contribution in [-0.4, -0.2) is 109 Å². The average Bonchev–Trinajstić information content (AvgIpc) is 3.13. The predicted octanol–water partition coefficient (Wildman–Crippen LogP) is 9.83. The molecule has 0 spiro atoms. The van der Waals surface area contributed by atoms with E-state index in [9.17, 15) is 24.0 Å². The Morgan fingerprint density at radius 1 is 0.378 bits per heavy atom. The lowest BCUT2D eigenvalue weighted by atomic mass is 9.73. The smallest absolute Gasteiger partial charge is 0.310 e. The third kappa shape index (κ3) is 18.9. The standard InChI is InChI=1S/C44H78N4O8.C16H23NO/c1-37(2)19-27(20-38(3,4)45-37)53-33(49)17-31(35(51)55-29-23-41(9,10)47-42(11,12)24-29)32(36(52)56-30-25-43(13,14)48-44(15,16)26-30)18-34(50)54-28-21-39(5,6)46-40(7,8)22-28;1-15(2)10-13(11-16(3,4)17-15)14(18)12-8-6-5-7-9-12/h27-32,45-48H,17-26H2,1-16H3;5-9,13,17H,10-11H2,1-4H3. The summed E-state index contributed by atoms with van der Waals surface area (Å²) in [6.07, 6.45) is 3.65. The van der Waals surface area contributed by atoms with Crippen molar-refractivity contribution >= 4 is 29.7 Å². The van der Waals surface area contributed by atoms with Crippen molar-refractivity contribution in [1.82, 2.24) is 26.6 Å². The Balaban J connectivity index is 0.000000470. The van der Waals surface area contributed by atoms with Crippen LogP contribution in [0, 0.1) is 17.8 Å². The van der Waals surface area contributed by atoms with Crippen molar-refractivity contribution in [2.75, 3.05) is 0 Å². The maximum Gasteiger partial charge on any atom is 0.310 e. The van der Waals surface area contributed by atoms with Crippen molar-refractivity contribution in [2.24, 2.45) is 17.8 Å². The van der Waals surface area contributed by atoms with Crippen molar-refractivity contribution in [2.45, 2.75) is 295 Å². The van der Waals surface area contributed by atoms with Crippen LogP contribution in [0.5, 0.6) is 0 Å². The van der Waals surface area contributed by atoms with Gasteiger partial charge in [0.1, 0.15) is 24.4 Å². The monoisotopic (exact) mass is 1040 g/mol. The fourth-order valence-corrected chi connectivity index (χ4v) is 14.7. The van der Waals surface area contributed by atoms with Crippen molar-refractivity contribution in [3.05, 3.63) is 35.9 Å². The maximum atomic E-state index is 14.6. The van der Waals surface area contributed by atoms with Crippen LogP contribution >= 0.6 is 0 Å². The van der Waals surface area contributed by atoms with Crippen molar-refractivity contribution < 1.29 is 42.9 Å². The summed E-state index contributed by atoms with van der Waals surface area (Å²) >= 11 is 0. The number of Topliss-reactive ketones (excluding diaryl/α,β-unsaturated/α-hetero) is 1. The Labute approximate surface area is 446 Å². The molecule has 0 saturated carbocycles. The summed E-state index contributed by atoms with van der Waals surface area (Å²) in [6, 6.07) is 9.66. The summed E-state index contributed by atoms with van der Waals surface area (Å²) < 4.78 is 24.8. The largest absolute Gasteiger partial charge is 0.462 e. The SMILES string of the molecule is CC1(C)CC(C(=O)c2ccccc2)CC(C)(C)N1.CC1(C)CC(OC(=O)CC(C(=O)OC2CC(C)(C)NC(C)(C)C2)C(CC(=O)OC2CC(C)(C)NC(C)(C)C2)C(=O)OC2CC(C)(C)NC(C)(C)C2)CC(C)(C)N1. The number of hydrogen-bond donors (Lipinski definition) is 5. The highest BCUT2D eigenvalue weighted by Crippen LogP contribution is 2.39. The minimum Gasteiger partial charge on any atom is -0.462 e. The van der Waals surface area contributed by atoms with Crippen LogP contribution in [0.3, 0.4) is 0 Å². The van der Waals surface area contributed by atoms with E-state index in [-0.39, 0.29) is 61.3 Å². The van der Waals surface area contributed by atoms with E-state index in [1.807, 2.05) is 30.3 Å². The van der Waals surface area contributed by atoms with Crippen molar-refractivity contribution in [3.63, 3.8) is 0 Å². The summed E-state index contributed by atoms with van der Waals surface area (Å²) in [5.41, 5.74) is -1.58. The van der Waals surface area contributed by atoms with Gasteiger partial charge in [-0.15, -0.1) is 0 Å². The molecule has 5 aliphatic heterocycles. The highest BCUT2D eigenvalue weighted by atomic mass is 16.6. The van der Waals surface area contributed by atoms with Gasteiger partial charge < -0.3 is 45.5 Å². The molecule has 5 saturated heterocycles. The number of esters is 4. The van der Waals surface area contributed by atoms with Crippen molar-refractivity contribution in [1.29, 1.82) is 0 Å². The molecule has 74 heavy (non-hydrogen) atoms. The first-order valence-corrected chi connectivity index (χ1v) is 27.8. The van der Waals surface area contributed by atoms with Gasteiger partial charge in [0.15, 0.2) is 5.78 Å². The number of piperidine rings is 5. The first-order chi connectivity index (χ1) is 33.4. The Kier molecular flexibility index (Phi) is 18.4. The van der Waals surface area contributed by atoms with Crippen molar-refractivity contribution in [3.8, 4) is 0 Å². The molecule has 14 nitrogen and oxygen atoms in total. The topological polar surface area (TPSA) is 182 Å². The highest BCUT2D eigenvalue weighted by Gasteiger charge is 2.48. The third-order valence-electron chi connectivity index (χ3n) is 15.3. The molecule has 1 aromatic carbocycles. The number of ether oxygens (including phenoxy) is 4. The normalized spacial score (nSPS) is 26.6. The molecule has 0 aromatic heterocycles. The van der Waals surface area contributed by atoms with Gasteiger partial charge in [-0.05, 0) is 151 Å². The van der Waals surface area contributed by atoms with E-state index in [1.165, 1.54) is 0 Å². The van der Waals surface area contributed by atoms with Gasteiger partial charge in [-0.3, -0.25) is 24.0 Å². The zero-order valence-corrected chi connectivity index (χ0v) is 49.6. The lowest BCUT2D eigenvalue weighted by Gasteiger charge is -2.47. The molecular formula is C60H101N5O9. The second-order valence-corrected chi connectivity index (χ2v) is 29.9. The van der Waals surface area contributed by atoms with E-state index >= 15 is 0 Å². The van der Waals surface area contributed by atoms with E-state index < -0.39 is 73.0 Å². The minimum atomic E-state index is -1.34. The van der Waals surface area contributed by atoms with Crippen LogP contribution in [0.2, 0.25) is 0 Å². The minimum absolute atomic E-state index is 0.0247. The van der Waals surface area contributed by atoms with E-state index in [0.29, 0.717) is 57.1 Å². The van der Waals surface area contributed by atoms with E-state index in [0.717, 1.165) is 18.4 Å². The fraction of sp³-hybridized carbons (Fsp3) is 0.817. The number of nitrogens with one attached hydrogen (secondary N) is 5. The van der Waals surface area contributed by atoms with Gasteiger partial charge in [0.05, 0.1) is 24.7 Å². The summed E-state index contributed by atoms with van der Waals surface area (Å²) in [7, 11) is 0. The van der Waals surface area contributed by atoms with Crippen LogP contribution < -0.4 is 26.6 Å². The Bertz CT molecular complexity index is 1970. The second-order valence-electron chi connectivity index (χ2n) is 29.9. The maximum absolute atomic E-state index is 14.6. The zero-order chi connectivity index (χ0) is 55.9.